The normalized spacial score (nSPS) is 29.5. The highest BCUT2D eigenvalue weighted by Crippen LogP contribution is 2.47. The number of ether oxygens (including phenoxy) is 3. The molecule has 0 saturated carbocycles. The molecule has 10 atom stereocenters. The minimum absolute atomic E-state index is 0.152. The monoisotopic (exact) mass is 789 g/mol. The zero-order chi connectivity index (χ0) is 40.2. The number of aromatic amines is 2. The number of H-pyrrole nitrogens is 2. The minimum atomic E-state index is -4.30. The van der Waals surface area contributed by atoms with E-state index in [0.29, 0.717) is 0 Å². The third-order valence-corrected chi connectivity index (χ3v) is 9.90. The fraction of sp³-hybridized carbons (Fsp3) is 0.531. The van der Waals surface area contributed by atoms with Crippen LogP contribution in [0.3, 0.4) is 0 Å². The van der Waals surface area contributed by atoms with Gasteiger partial charge in [-0.2, -0.15) is 5.09 Å². The molecule has 0 aliphatic carbocycles. The smallest absolute Gasteiger partial charge is 0.459 e. The Morgan fingerprint density at radius 1 is 0.889 bits per heavy atom. The lowest BCUT2D eigenvalue weighted by molar-refractivity contribution is -0.149. The molecular formula is C32H42F2N5O14P. The van der Waals surface area contributed by atoms with Crippen LogP contribution in [-0.4, -0.2) is 102 Å². The lowest BCUT2D eigenvalue weighted by Gasteiger charge is -2.25. The lowest BCUT2D eigenvalue weighted by atomic mass is 9.98. The summed E-state index contributed by atoms with van der Waals surface area (Å²) in [5.74, 6) is -0.560. The Morgan fingerprint density at radius 3 is 1.81 bits per heavy atom. The summed E-state index contributed by atoms with van der Waals surface area (Å²) >= 11 is 0. The molecule has 0 unspecified atom stereocenters. The van der Waals surface area contributed by atoms with E-state index >= 15 is 4.39 Å². The molecule has 298 valence electrons. The molecule has 0 bridgehead atoms. The summed E-state index contributed by atoms with van der Waals surface area (Å²) in [5.41, 5.74) is -7.83. The van der Waals surface area contributed by atoms with E-state index in [2.05, 4.69) is 5.09 Å². The molecule has 5 rings (SSSR count). The van der Waals surface area contributed by atoms with Gasteiger partial charge < -0.3 is 34.1 Å². The SMILES string of the molecule is CC(C)OC(=O)[C@H](C)N[P@](=O)(OC[C@H]1O[C@@H](n2ccc(=O)[nH]c2=O)[C@](C)(F)[C@@H]1O)Oc1ccccc1.C[C@@]1(F)[C@H](O)[C@@H](CO)O[C@H]1n1ccc(=O)[nH]c1=O. The first-order chi connectivity index (χ1) is 25.2. The number of aromatic nitrogens is 4. The van der Waals surface area contributed by atoms with Gasteiger partial charge in [0.15, 0.2) is 23.8 Å². The van der Waals surface area contributed by atoms with E-state index in [1.165, 1.54) is 19.1 Å². The van der Waals surface area contributed by atoms with Crippen LogP contribution in [0.1, 0.15) is 47.1 Å². The van der Waals surface area contributed by atoms with Gasteiger partial charge in [0.05, 0.1) is 19.3 Å². The van der Waals surface area contributed by atoms with Gasteiger partial charge in [-0.25, -0.2) is 22.9 Å². The molecule has 2 aliphatic heterocycles. The van der Waals surface area contributed by atoms with Crippen molar-refractivity contribution in [3.8, 4) is 5.75 Å². The van der Waals surface area contributed by atoms with E-state index in [1.807, 2.05) is 9.97 Å². The number of rotatable bonds is 12. The average molecular weight is 790 g/mol. The molecule has 2 saturated heterocycles. The van der Waals surface area contributed by atoms with Crippen LogP contribution in [-0.2, 0) is 28.1 Å². The number of alkyl halides is 2. The van der Waals surface area contributed by atoms with Gasteiger partial charge in [-0.15, -0.1) is 0 Å². The number of hydrogen-bond donors (Lipinski definition) is 6. The molecular weight excluding hydrogens is 747 g/mol. The quantitative estimate of drug-likeness (QED) is 0.106. The largest absolute Gasteiger partial charge is 0.462 e. The standard InChI is InChI=1S/C22H29FN3O9P.C10H13FN2O5/c1-13(2)33-19(29)14(3)25-36(31,35-15-8-6-5-7-9-15)32-12-16-18(28)22(4,23)20(34-16)26-11-10-17(27)24-21(26)30;1-10(11)7(16)5(4-14)18-8(10)13-3-2-6(15)12-9(13)17/h5-11,13-14,16,18,20,28H,12H2,1-4H3,(H,25,31)(H,24,27,30);2-3,5,7-8,14,16H,4H2,1H3,(H,12,15,17)/t14-,16+,18+,20+,22+,36-;5-,7-,8-,10-/m01/s1. The minimum Gasteiger partial charge on any atom is -0.462 e. The molecule has 54 heavy (non-hydrogen) atoms. The molecule has 3 aromatic rings. The Kier molecular flexibility index (Phi) is 13.3. The third kappa shape index (κ3) is 9.66. The second kappa shape index (κ2) is 17.0. The molecule has 0 radical (unpaired) electrons. The molecule has 2 aliphatic rings. The summed E-state index contributed by atoms with van der Waals surface area (Å²) in [5, 5.41) is 31.6. The van der Waals surface area contributed by atoms with Gasteiger partial charge in [-0.3, -0.25) is 38.0 Å². The van der Waals surface area contributed by atoms with Gasteiger partial charge in [0, 0.05) is 24.5 Å². The van der Waals surface area contributed by atoms with Crippen LogP contribution in [0.15, 0.2) is 74.0 Å². The van der Waals surface area contributed by atoms with E-state index in [9.17, 15) is 43.1 Å². The van der Waals surface area contributed by atoms with Crippen molar-refractivity contribution in [3.63, 3.8) is 0 Å². The van der Waals surface area contributed by atoms with E-state index < -0.39 is 110 Å². The number of nitrogens with one attached hydrogen (secondary N) is 3. The first-order valence-electron chi connectivity index (χ1n) is 16.5. The number of hydrogen-bond acceptors (Lipinski definition) is 14. The predicted molar refractivity (Wildman–Crippen MR) is 183 cm³/mol. The molecule has 2 aromatic heterocycles. The number of esters is 1. The number of aliphatic hydroxyl groups excluding tert-OH is 3. The summed E-state index contributed by atoms with van der Waals surface area (Å²) in [6, 6.07) is 8.90. The highest BCUT2D eigenvalue weighted by atomic mass is 31.2. The molecule has 22 heteroatoms. The molecule has 0 amide bonds. The van der Waals surface area contributed by atoms with Crippen LogP contribution in [0.25, 0.3) is 0 Å². The van der Waals surface area contributed by atoms with Crippen molar-refractivity contribution in [1.82, 2.24) is 24.2 Å². The van der Waals surface area contributed by atoms with Crippen molar-refractivity contribution >= 4 is 13.7 Å². The second-order valence-electron chi connectivity index (χ2n) is 13.0. The molecule has 4 heterocycles. The van der Waals surface area contributed by atoms with Crippen molar-refractivity contribution in [2.45, 2.75) is 95.0 Å². The third-order valence-electron chi connectivity index (χ3n) is 8.26. The number of para-hydroxylation sites is 1. The van der Waals surface area contributed by atoms with E-state index in [0.717, 1.165) is 47.5 Å². The van der Waals surface area contributed by atoms with Crippen LogP contribution in [0.5, 0.6) is 5.75 Å². The topological polar surface area (TPSA) is 263 Å². The first-order valence-corrected chi connectivity index (χ1v) is 18.0. The maximum Gasteiger partial charge on any atom is 0.459 e. The number of benzene rings is 1. The average Bonchev–Trinajstić information content (AvgIpc) is 3.46. The van der Waals surface area contributed by atoms with Crippen LogP contribution >= 0.6 is 7.75 Å². The summed E-state index contributed by atoms with van der Waals surface area (Å²) in [6.07, 6.45) is -7.22. The van der Waals surface area contributed by atoms with Gasteiger partial charge in [0.25, 0.3) is 11.1 Å². The van der Waals surface area contributed by atoms with E-state index in [4.69, 9.17) is 28.4 Å². The van der Waals surface area contributed by atoms with Gasteiger partial charge in [-0.05, 0) is 46.8 Å². The van der Waals surface area contributed by atoms with Crippen LogP contribution in [0.2, 0.25) is 0 Å². The molecule has 0 spiro atoms. The maximum absolute atomic E-state index is 15.4. The predicted octanol–water partition coefficient (Wildman–Crippen LogP) is 0.172. The Hall–Kier alpha value is -4.34. The molecule has 6 N–H and O–H groups in total. The highest BCUT2D eigenvalue weighted by Gasteiger charge is 2.56. The van der Waals surface area contributed by atoms with Crippen LogP contribution in [0.4, 0.5) is 8.78 Å². The summed E-state index contributed by atoms with van der Waals surface area (Å²) < 4.78 is 71.7. The summed E-state index contributed by atoms with van der Waals surface area (Å²) in [4.78, 5) is 62.1. The van der Waals surface area contributed by atoms with Gasteiger partial charge in [-0.1, -0.05) is 18.2 Å². The summed E-state index contributed by atoms with van der Waals surface area (Å²) in [7, 11) is -4.30. The van der Waals surface area contributed by atoms with Gasteiger partial charge in [0.2, 0.25) is 0 Å². The first kappa shape index (κ1) is 42.4. The number of aliphatic hydroxyl groups is 3. The fourth-order valence-corrected chi connectivity index (χ4v) is 6.95. The van der Waals surface area contributed by atoms with Crippen LogP contribution in [0, 0.1) is 0 Å². The Morgan fingerprint density at radius 2 is 1.37 bits per heavy atom. The summed E-state index contributed by atoms with van der Waals surface area (Å²) in [6.45, 7) is 5.56. The lowest BCUT2D eigenvalue weighted by Crippen LogP contribution is -2.43. The van der Waals surface area contributed by atoms with Crippen molar-refractivity contribution in [3.05, 3.63) is 96.5 Å². The Labute approximate surface area is 305 Å². The van der Waals surface area contributed by atoms with Gasteiger partial charge in [0.1, 0.15) is 36.2 Å². The van der Waals surface area contributed by atoms with Crippen molar-refractivity contribution in [1.29, 1.82) is 0 Å². The molecule has 19 nitrogen and oxygen atoms in total. The fourth-order valence-electron chi connectivity index (χ4n) is 5.44. The van der Waals surface area contributed by atoms with Crippen molar-refractivity contribution in [2.24, 2.45) is 0 Å². The van der Waals surface area contributed by atoms with Gasteiger partial charge >= 0.3 is 25.1 Å². The number of carbonyl (C=O) groups is 1. The molecule has 1 aromatic carbocycles. The number of carbonyl (C=O) groups excluding carboxylic acids is 1. The zero-order valence-electron chi connectivity index (χ0n) is 29.7. The zero-order valence-corrected chi connectivity index (χ0v) is 30.6. The van der Waals surface area contributed by atoms with Crippen molar-refractivity contribution < 1.29 is 56.7 Å². The highest BCUT2D eigenvalue weighted by molar-refractivity contribution is 7.52. The second-order valence-corrected chi connectivity index (χ2v) is 14.7. The van der Waals surface area contributed by atoms with E-state index in [1.54, 1.807) is 32.0 Å². The molecule has 2 fully saturated rings. The maximum atomic E-state index is 15.4. The van der Waals surface area contributed by atoms with E-state index in [-0.39, 0.29) is 5.75 Å². The number of nitrogens with zero attached hydrogens (tertiary/aromatic N) is 2. The number of halogens is 2. The Bertz CT molecular complexity index is 2040. The van der Waals surface area contributed by atoms with Crippen LogP contribution < -0.4 is 32.1 Å². The van der Waals surface area contributed by atoms with Crippen molar-refractivity contribution in [2.75, 3.05) is 13.2 Å². The Balaban J connectivity index is 0.000000301.